The highest BCUT2D eigenvalue weighted by Crippen LogP contribution is 2.25. The van der Waals surface area contributed by atoms with Gasteiger partial charge in [-0.2, -0.15) is 0 Å². The first-order valence-electron chi connectivity index (χ1n) is 7.11. The van der Waals surface area contributed by atoms with E-state index in [9.17, 15) is 9.18 Å². The van der Waals surface area contributed by atoms with Crippen molar-refractivity contribution in [2.24, 2.45) is 5.73 Å². The molecular weight excluding hydrogens is 271 g/mol. The first kappa shape index (κ1) is 15.5. The van der Waals surface area contributed by atoms with Gasteiger partial charge in [-0.25, -0.2) is 4.39 Å². The van der Waals surface area contributed by atoms with E-state index in [4.69, 9.17) is 10.5 Å². The summed E-state index contributed by atoms with van der Waals surface area (Å²) in [7, 11) is 0. The van der Waals surface area contributed by atoms with Gasteiger partial charge >= 0.3 is 0 Å². The highest BCUT2D eigenvalue weighted by molar-refractivity contribution is 5.97. The molecular formula is C16H21FN2O2. The quantitative estimate of drug-likeness (QED) is 0.906. The second kappa shape index (κ2) is 6.72. The SMILES string of the molecule is CC(C)N1CCc2cc(OCC(=CF)CN)ccc2C1=O. The summed E-state index contributed by atoms with van der Waals surface area (Å²) < 4.78 is 17.9. The van der Waals surface area contributed by atoms with Crippen molar-refractivity contribution in [3.8, 4) is 5.75 Å². The summed E-state index contributed by atoms with van der Waals surface area (Å²) in [6.07, 6.45) is 1.28. The van der Waals surface area contributed by atoms with Crippen molar-refractivity contribution >= 4 is 5.91 Å². The van der Waals surface area contributed by atoms with Gasteiger partial charge in [-0.15, -0.1) is 0 Å². The molecule has 0 aromatic heterocycles. The first-order valence-corrected chi connectivity index (χ1v) is 7.11. The molecule has 21 heavy (non-hydrogen) atoms. The van der Waals surface area contributed by atoms with Crippen LogP contribution in [0.4, 0.5) is 4.39 Å². The summed E-state index contributed by atoms with van der Waals surface area (Å²) >= 11 is 0. The second-order valence-corrected chi connectivity index (χ2v) is 5.42. The molecule has 1 aromatic rings. The fourth-order valence-electron chi connectivity index (χ4n) is 2.38. The van der Waals surface area contributed by atoms with Crippen molar-refractivity contribution in [3.63, 3.8) is 0 Å². The fourth-order valence-corrected chi connectivity index (χ4v) is 2.38. The normalized spacial score (nSPS) is 15.4. The van der Waals surface area contributed by atoms with Crippen LogP contribution < -0.4 is 10.5 Å². The van der Waals surface area contributed by atoms with Gasteiger partial charge in [-0.05, 0) is 44.0 Å². The number of carbonyl (C=O) groups is 1. The van der Waals surface area contributed by atoms with Crippen LogP contribution in [0.1, 0.15) is 29.8 Å². The van der Waals surface area contributed by atoms with Gasteiger partial charge in [0.2, 0.25) is 0 Å². The van der Waals surface area contributed by atoms with E-state index in [1.807, 2.05) is 24.8 Å². The van der Waals surface area contributed by atoms with Gasteiger partial charge in [0.15, 0.2) is 0 Å². The molecule has 0 radical (unpaired) electrons. The van der Waals surface area contributed by atoms with Crippen LogP contribution in [0.25, 0.3) is 0 Å². The molecule has 2 rings (SSSR count). The van der Waals surface area contributed by atoms with E-state index in [0.717, 1.165) is 17.5 Å². The maximum atomic E-state index is 12.4. The minimum absolute atomic E-state index is 0.0594. The molecule has 0 unspecified atom stereocenters. The third-order valence-corrected chi connectivity index (χ3v) is 3.65. The zero-order chi connectivity index (χ0) is 15.4. The highest BCUT2D eigenvalue weighted by atomic mass is 19.1. The number of nitrogens with two attached hydrogens (primary N) is 1. The number of amides is 1. The second-order valence-electron chi connectivity index (χ2n) is 5.42. The van der Waals surface area contributed by atoms with Crippen LogP contribution in [0, 0.1) is 0 Å². The van der Waals surface area contributed by atoms with Gasteiger partial charge in [0.1, 0.15) is 12.4 Å². The molecule has 5 heteroatoms. The van der Waals surface area contributed by atoms with Crippen LogP contribution in [0.15, 0.2) is 30.1 Å². The summed E-state index contributed by atoms with van der Waals surface area (Å²) in [5, 5.41) is 0. The predicted molar refractivity (Wildman–Crippen MR) is 80.1 cm³/mol. The molecule has 0 saturated carbocycles. The van der Waals surface area contributed by atoms with Crippen LogP contribution in [0.3, 0.4) is 0 Å². The lowest BCUT2D eigenvalue weighted by Gasteiger charge is -2.32. The molecule has 114 valence electrons. The maximum Gasteiger partial charge on any atom is 0.254 e. The number of hydrogen-bond donors (Lipinski definition) is 1. The Labute approximate surface area is 124 Å². The van der Waals surface area contributed by atoms with Crippen molar-refractivity contribution in [2.75, 3.05) is 19.7 Å². The fraction of sp³-hybridized carbons (Fsp3) is 0.438. The van der Waals surface area contributed by atoms with Gasteiger partial charge in [0.25, 0.3) is 5.91 Å². The minimum Gasteiger partial charge on any atom is -0.489 e. The average Bonchev–Trinajstić information content (AvgIpc) is 2.48. The van der Waals surface area contributed by atoms with Crippen LogP contribution in [0.2, 0.25) is 0 Å². The van der Waals surface area contributed by atoms with E-state index in [-0.39, 0.29) is 25.1 Å². The Morgan fingerprint density at radius 1 is 1.52 bits per heavy atom. The molecule has 4 nitrogen and oxygen atoms in total. The van der Waals surface area contributed by atoms with Crippen molar-refractivity contribution in [1.29, 1.82) is 0 Å². The van der Waals surface area contributed by atoms with Gasteiger partial charge < -0.3 is 15.4 Å². The Morgan fingerprint density at radius 2 is 2.29 bits per heavy atom. The first-order chi connectivity index (χ1) is 10.1. The molecule has 0 fully saturated rings. The van der Waals surface area contributed by atoms with E-state index in [2.05, 4.69) is 0 Å². The topological polar surface area (TPSA) is 55.6 Å². The van der Waals surface area contributed by atoms with Crippen LogP contribution in [0.5, 0.6) is 5.75 Å². The molecule has 1 aliphatic rings. The number of benzene rings is 1. The largest absolute Gasteiger partial charge is 0.489 e. The Bertz CT molecular complexity index is 555. The monoisotopic (exact) mass is 292 g/mol. The van der Waals surface area contributed by atoms with Crippen molar-refractivity contribution in [1.82, 2.24) is 4.90 Å². The number of hydrogen-bond acceptors (Lipinski definition) is 3. The lowest BCUT2D eigenvalue weighted by atomic mass is 9.98. The molecule has 1 aromatic carbocycles. The molecule has 0 spiro atoms. The van der Waals surface area contributed by atoms with Gasteiger partial charge in [-0.1, -0.05) is 0 Å². The third kappa shape index (κ3) is 3.42. The Hall–Kier alpha value is -1.88. The standard InChI is InChI=1S/C16H21FN2O2/c1-11(2)19-6-5-13-7-14(3-4-15(13)16(19)20)21-10-12(8-17)9-18/h3-4,7-8,11H,5-6,9-10,18H2,1-2H3. The maximum absolute atomic E-state index is 12.4. The van der Waals surface area contributed by atoms with Crippen molar-refractivity contribution in [2.45, 2.75) is 26.3 Å². The van der Waals surface area contributed by atoms with Crippen molar-refractivity contribution in [3.05, 3.63) is 41.2 Å². The molecule has 0 bridgehead atoms. The summed E-state index contributed by atoms with van der Waals surface area (Å²) in [6, 6.07) is 5.58. The zero-order valence-corrected chi connectivity index (χ0v) is 12.4. The lowest BCUT2D eigenvalue weighted by Crippen LogP contribution is -2.42. The van der Waals surface area contributed by atoms with E-state index in [1.165, 1.54) is 0 Å². The van der Waals surface area contributed by atoms with Crippen LogP contribution >= 0.6 is 0 Å². The van der Waals surface area contributed by atoms with Crippen LogP contribution in [-0.2, 0) is 6.42 Å². The highest BCUT2D eigenvalue weighted by Gasteiger charge is 2.26. The van der Waals surface area contributed by atoms with Crippen LogP contribution in [-0.4, -0.2) is 36.5 Å². The molecule has 0 aliphatic carbocycles. The third-order valence-electron chi connectivity index (χ3n) is 3.65. The minimum atomic E-state index is 0.0594. The molecule has 2 N–H and O–H groups in total. The number of carbonyl (C=O) groups excluding carboxylic acids is 1. The molecule has 0 atom stereocenters. The summed E-state index contributed by atoms with van der Waals surface area (Å²) in [4.78, 5) is 14.2. The van der Waals surface area contributed by atoms with Gasteiger partial charge in [-0.3, -0.25) is 4.79 Å². The Balaban J connectivity index is 2.12. The molecule has 1 heterocycles. The number of nitrogens with zero attached hydrogens (tertiary/aromatic N) is 1. The Kier molecular flexibility index (Phi) is 4.96. The summed E-state index contributed by atoms with van der Waals surface area (Å²) in [5.74, 6) is 0.691. The smallest absolute Gasteiger partial charge is 0.254 e. The number of rotatable bonds is 5. The molecule has 1 amide bonds. The van der Waals surface area contributed by atoms with E-state index in [0.29, 0.717) is 24.2 Å². The predicted octanol–water partition coefficient (Wildman–Crippen LogP) is 2.28. The summed E-state index contributed by atoms with van der Waals surface area (Å²) in [5.41, 5.74) is 7.48. The molecule has 0 saturated heterocycles. The van der Waals surface area contributed by atoms with E-state index in [1.54, 1.807) is 12.1 Å². The van der Waals surface area contributed by atoms with Gasteiger partial charge in [0.05, 0.1) is 6.33 Å². The van der Waals surface area contributed by atoms with E-state index >= 15 is 0 Å². The zero-order valence-electron chi connectivity index (χ0n) is 12.4. The number of fused-ring (bicyclic) bond motifs is 1. The van der Waals surface area contributed by atoms with Gasteiger partial charge in [0, 0.05) is 30.3 Å². The number of ether oxygens (including phenoxy) is 1. The summed E-state index contributed by atoms with van der Waals surface area (Å²) in [6.45, 7) is 4.99. The Morgan fingerprint density at radius 3 is 2.90 bits per heavy atom. The lowest BCUT2D eigenvalue weighted by molar-refractivity contribution is 0.0688. The number of halogens is 1. The molecule has 1 aliphatic heterocycles. The van der Waals surface area contributed by atoms with E-state index < -0.39 is 0 Å². The van der Waals surface area contributed by atoms with Crippen molar-refractivity contribution < 1.29 is 13.9 Å². The average molecular weight is 292 g/mol.